The lowest BCUT2D eigenvalue weighted by atomic mass is 10.4. The van der Waals surface area contributed by atoms with Crippen LogP contribution in [0.3, 0.4) is 0 Å². The summed E-state index contributed by atoms with van der Waals surface area (Å²) in [6.07, 6.45) is 0. The molecule has 15 heavy (non-hydrogen) atoms. The molecule has 0 saturated heterocycles. The maximum Gasteiger partial charge on any atom is 0.294 e. The number of halogens is 2. The van der Waals surface area contributed by atoms with Crippen LogP contribution in [0.5, 0.6) is 0 Å². The summed E-state index contributed by atoms with van der Waals surface area (Å²) in [5, 5.41) is -0.260. The molecule has 0 aliphatic heterocycles. The molecule has 0 atom stereocenters. The van der Waals surface area contributed by atoms with Gasteiger partial charge in [0.1, 0.15) is 5.76 Å². The zero-order valence-electron chi connectivity index (χ0n) is 7.11. The van der Waals surface area contributed by atoms with Crippen LogP contribution in [0.2, 0.25) is 4.34 Å². The van der Waals surface area contributed by atoms with Gasteiger partial charge in [-0.3, -0.25) is 0 Å². The van der Waals surface area contributed by atoms with Crippen LogP contribution >= 0.6 is 33.6 Å². The van der Waals surface area contributed by atoms with Crippen LogP contribution in [0.15, 0.2) is 33.8 Å². The van der Waals surface area contributed by atoms with E-state index in [0.717, 1.165) is 4.88 Å². The molecule has 0 bridgehead atoms. The molecule has 0 unspecified atom stereocenters. The van der Waals surface area contributed by atoms with Crippen molar-refractivity contribution in [3.05, 3.63) is 28.6 Å². The van der Waals surface area contributed by atoms with Gasteiger partial charge in [-0.15, -0.1) is 11.3 Å². The third kappa shape index (κ3) is 2.36. The van der Waals surface area contributed by atoms with Crippen molar-refractivity contribution < 1.29 is 12.8 Å². The molecule has 0 aliphatic carbocycles. The summed E-state index contributed by atoms with van der Waals surface area (Å²) in [6, 6.07) is 6.30. The highest BCUT2D eigenvalue weighted by Crippen LogP contribution is 2.33. The highest BCUT2D eigenvalue weighted by molar-refractivity contribution is 8.13. The van der Waals surface area contributed by atoms with Crippen LogP contribution < -0.4 is 0 Å². The molecular weight excluding hydrogens is 279 g/mol. The Labute approximate surface area is 99.7 Å². The predicted molar refractivity (Wildman–Crippen MR) is 60.1 cm³/mol. The Morgan fingerprint density at radius 2 is 1.93 bits per heavy atom. The third-order valence-electron chi connectivity index (χ3n) is 1.64. The first-order valence-electron chi connectivity index (χ1n) is 3.77. The summed E-state index contributed by atoms with van der Waals surface area (Å²) in [4.78, 5) is 0.756. The van der Waals surface area contributed by atoms with E-state index in [2.05, 4.69) is 0 Å². The predicted octanol–water partition coefficient (Wildman–Crippen LogP) is 3.59. The van der Waals surface area contributed by atoms with Gasteiger partial charge in [0.05, 0.1) is 9.21 Å². The van der Waals surface area contributed by atoms with E-state index in [-0.39, 0.29) is 5.09 Å². The summed E-state index contributed by atoms with van der Waals surface area (Å²) in [6.45, 7) is 0. The standard InChI is InChI=1S/C8H4Cl2O3S2/c9-7-3-2-6(14-7)5-1-4-8(13-5)15(10,11)12/h1-4H. The molecule has 0 fully saturated rings. The zero-order chi connectivity index (χ0) is 11.1. The second kappa shape index (κ2) is 3.83. The van der Waals surface area contributed by atoms with Gasteiger partial charge in [0.25, 0.3) is 9.05 Å². The summed E-state index contributed by atoms with van der Waals surface area (Å²) in [7, 11) is 1.31. The van der Waals surface area contributed by atoms with Gasteiger partial charge < -0.3 is 4.42 Å². The van der Waals surface area contributed by atoms with Gasteiger partial charge in [-0.25, -0.2) is 8.42 Å². The highest BCUT2D eigenvalue weighted by Gasteiger charge is 2.16. The maximum absolute atomic E-state index is 10.9. The molecule has 0 N–H and O–H groups in total. The zero-order valence-corrected chi connectivity index (χ0v) is 10.3. The Balaban J connectivity index is 2.44. The monoisotopic (exact) mass is 282 g/mol. The summed E-state index contributed by atoms with van der Waals surface area (Å²) in [5.41, 5.74) is 0. The number of hydrogen-bond donors (Lipinski definition) is 0. The normalized spacial score (nSPS) is 11.9. The minimum atomic E-state index is -3.81. The van der Waals surface area contributed by atoms with Crippen molar-refractivity contribution in [2.75, 3.05) is 0 Å². The molecule has 3 nitrogen and oxygen atoms in total. The van der Waals surface area contributed by atoms with Crippen molar-refractivity contribution >= 4 is 42.7 Å². The van der Waals surface area contributed by atoms with Crippen molar-refractivity contribution in [3.63, 3.8) is 0 Å². The fraction of sp³-hybridized carbons (Fsp3) is 0. The first-order valence-corrected chi connectivity index (χ1v) is 7.27. The van der Waals surface area contributed by atoms with Gasteiger partial charge in [0.15, 0.2) is 0 Å². The molecule has 0 aromatic carbocycles. The smallest absolute Gasteiger partial charge is 0.294 e. The largest absolute Gasteiger partial charge is 0.443 e. The molecule has 7 heteroatoms. The van der Waals surface area contributed by atoms with Gasteiger partial charge in [-0.1, -0.05) is 11.6 Å². The van der Waals surface area contributed by atoms with Crippen molar-refractivity contribution in [2.24, 2.45) is 0 Å². The van der Waals surface area contributed by atoms with Gasteiger partial charge >= 0.3 is 0 Å². The Morgan fingerprint density at radius 1 is 1.20 bits per heavy atom. The van der Waals surface area contributed by atoms with Gasteiger partial charge in [0, 0.05) is 10.7 Å². The summed E-state index contributed by atoms with van der Waals surface area (Å²) < 4.78 is 27.6. The molecule has 0 spiro atoms. The van der Waals surface area contributed by atoms with Crippen molar-refractivity contribution in [2.45, 2.75) is 5.09 Å². The van der Waals surface area contributed by atoms with E-state index in [1.807, 2.05) is 0 Å². The number of furan rings is 1. The van der Waals surface area contributed by atoms with Crippen LogP contribution in [0.4, 0.5) is 0 Å². The molecule has 0 radical (unpaired) electrons. The van der Waals surface area contributed by atoms with Crippen LogP contribution in [0.1, 0.15) is 0 Å². The molecule has 0 aliphatic rings. The van der Waals surface area contributed by atoms with Gasteiger partial charge in [-0.05, 0) is 24.3 Å². The molecule has 0 saturated carbocycles. The van der Waals surface area contributed by atoms with E-state index in [9.17, 15) is 8.42 Å². The molecule has 2 heterocycles. The minimum absolute atomic E-state index is 0.260. The van der Waals surface area contributed by atoms with E-state index in [1.54, 1.807) is 12.1 Å². The molecule has 2 rings (SSSR count). The van der Waals surface area contributed by atoms with Crippen LogP contribution in [-0.4, -0.2) is 8.42 Å². The molecular formula is C8H4Cl2O3S2. The number of hydrogen-bond acceptors (Lipinski definition) is 4. The van der Waals surface area contributed by atoms with E-state index in [1.165, 1.54) is 23.5 Å². The van der Waals surface area contributed by atoms with E-state index in [4.69, 9.17) is 26.7 Å². The highest BCUT2D eigenvalue weighted by atomic mass is 35.7. The number of thiophene rings is 1. The fourth-order valence-corrected chi connectivity index (χ4v) is 2.70. The van der Waals surface area contributed by atoms with Gasteiger partial charge in [0.2, 0.25) is 5.09 Å². The average Bonchev–Trinajstić information content (AvgIpc) is 2.69. The number of rotatable bonds is 2. The first kappa shape index (κ1) is 11.0. The Bertz CT molecular complexity index is 583. The first-order chi connectivity index (χ1) is 6.97. The summed E-state index contributed by atoms with van der Waals surface area (Å²) >= 11 is 7.04. The Kier molecular flexibility index (Phi) is 2.81. The summed E-state index contributed by atoms with van der Waals surface area (Å²) in [5.74, 6) is 0.436. The Hall–Kier alpha value is -0.490. The minimum Gasteiger partial charge on any atom is -0.443 e. The lowest BCUT2D eigenvalue weighted by Crippen LogP contribution is -1.85. The van der Waals surface area contributed by atoms with Crippen LogP contribution in [0.25, 0.3) is 10.6 Å². The topological polar surface area (TPSA) is 47.3 Å². The molecule has 80 valence electrons. The molecule has 0 amide bonds. The lowest BCUT2D eigenvalue weighted by molar-refractivity contribution is 0.467. The molecule has 2 aromatic rings. The molecule has 2 aromatic heterocycles. The van der Waals surface area contributed by atoms with Crippen molar-refractivity contribution in [3.8, 4) is 10.6 Å². The quantitative estimate of drug-likeness (QED) is 0.791. The second-order valence-corrected chi connectivity index (χ2v) is 6.87. The van der Waals surface area contributed by atoms with E-state index >= 15 is 0 Å². The maximum atomic E-state index is 10.9. The van der Waals surface area contributed by atoms with Crippen LogP contribution in [0, 0.1) is 0 Å². The second-order valence-electron chi connectivity index (χ2n) is 2.66. The lowest BCUT2D eigenvalue weighted by Gasteiger charge is -1.90. The third-order valence-corrected chi connectivity index (χ3v) is 4.04. The van der Waals surface area contributed by atoms with Crippen molar-refractivity contribution in [1.82, 2.24) is 0 Å². The van der Waals surface area contributed by atoms with E-state index < -0.39 is 9.05 Å². The van der Waals surface area contributed by atoms with E-state index in [0.29, 0.717) is 10.1 Å². The SMILES string of the molecule is O=S(=O)(Cl)c1ccc(-c2ccc(Cl)s2)o1. The average molecular weight is 283 g/mol. The Morgan fingerprint density at radius 3 is 2.40 bits per heavy atom. The van der Waals surface area contributed by atoms with Gasteiger partial charge in [-0.2, -0.15) is 0 Å². The van der Waals surface area contributed by atoms with Crippen molar-refractivity contribution in [1.29, 1.82) is 0 Å². The fourth-order valence-electron chi connectivity index (χ4n) is 1.03. The van der Waals surface area contributed by atoms with Crippen LogP contribution in [-0.2, 0) is 9.05 Å².